The number of rotatable bonds is 2. The molecule has 112 valence electrons. The number of hydrogen-bond donors (Lipinski definition) is 1. The van der Waals surface area contributed by atoms with E-state index in [4.69, 9.17) is 11.6 Å². The lowest BCUT2D eigenvalue weighted by atomic mass is 9.85. The smallest absolute Gasteiger partial charge is 0.271 e. The maximum absolute atomic E-state index is 12.5. The third kappa shape index (κ3) is 1.75. The van der Waals surface area contributed by atoms with Crippen molar-refractivity contribution in [3.05, 3.63) is 47.0 Å². The zero-order valence-corrected chi connectivity index (χ0v) is 12.3. The van der Waals surface area contributed by atoms with Gasteiger partial charge in [0.2, 0.25) is 0 Å². The standard InChI is InChI=1S/C16H13ClN2O3/c17-11-4-2-1-3-10(11)14(20)18-19-15(21)12-8-5-6-9(7-8)13(12)16(19)22/h1-6,8-9,12-13H,7H2,(H,18,20)/t8-,9-,12-,13+/m1/s1. The molecule has 2 fully saturated rings. The predicted octanol–water partition coefficient (Wildman–Crippen LogP) is 1.79. The molecule has 1 N–H and O–H groups in total. The number of benzene rings is 1. The minimum atomic E-state index is -0.549. The van der Waals surface area contributed by atoms with Crippen molar-refractivity contribution in [2.45, 2.75) is 6.42 Å². The quantitative estimate of drug-likeness (QED) is 0.668. The van der Waals surface area contributed by atoms with Crippen LogP contribution in [0.1, 0.15) is 16.8 Å². The van der Waals surface area contributed by atoms with E-state index in [1.807, 2.05) is 12.2 Å². The van der Waals surface area contributed by atoms with Gasteiger partial charge in [0, 0.05) is 0 Å². The number of imide groups is 1. The fraction of sp³-hybridized carbons (Fsp3) is 0.312. The Hall–Kier alpha value is -2.14. The number of nitrogens with zero attached hydrogens (tertiary/aromatic N) is 1. The van der Waals surface area contributed by atoms with Crippen molar-refractivity contribution >= 4 is 29.3 Å². The second-order valence-electron chi connectivity index (χ2n) is 5.93. The molecule has 0 radical (unpaired) electrons. The molecule has 0 unspecified atom stereocenters. The number of hydrazine groups is 1. The van der Waals surface area contributed by atoms with Gasteiger partial charge in [0.25, 0.3) is 17.7 Å². The van der Waals surface area contributed by atoms with Crippen molar-refractivity contribution in [3.8, 4) is 0 Å². The van der Waals surface area contributed by atoms with Crippen LogP contribution in [0.4, 0.5) is 0 Å². The molecule has 1 aromatic carbocycles. The summed E-state index contributed by atoms with van der Waals surface area (Å²) in [6.45, 7) is 0. The van der Waals surface area contributed by atoms with Crippen molar-refractivity contribution in [2.75, 3.05) is 0 Å². The van der Waals surface area contributed by atoms with Gasteiger partial charge in [-0.2, -0.15) is 5.01 Å². The van der Waals surface area contributed by atoms with E-state index >= 15 is 0 Å². The molecule has 2 bridgehead atoms. The topological polar surface area (TPSA) is 66.5 Å². The van der Waals surface area contributed by atoms with Crippen LogP contribution in [0.15, 0.2) is 36.4 Å². The monoisotopic (exact) mass is 316 g/mol. The molecule has 1 heterocycles. The lowest BCUT2D eigenvalue weighted by Gasteiger charge is -2.18. The summed E-state index contributed by atoms with van der Waals surface area (Å²) >= 11 is 5.97. The fourth-order valence-electron chi connectivity index (χ4n) is 3.82. The van der Waals surface area contributed by atoms with E-state index in [0.717, 1.165) is 11.4 Å². The summed E-state index contributed by atoms with van der Waals surface area (Å²) in [4.78, 5) is 37.2. The first-order chi connectivity index (χ1) is 10.6. The molecule has 22 heavy (non-hydrogen) atoms. The van der Waals surface area contributed by atoms with E-state index in [1.54, 1.807) is 24.3 Å². The number of carbonyl (C=O) groups is 3. The first kappa shape index (κ1) is 13.5. The summed E-state index contributed by atoms with van der Waals surface area (Å²) in [6.07, 6.45) is 4.88. The zero-order valence-electron chi connectivity index (χ0n) is 11.5. The first-order valence-corrected chi connectivity index (χ1v) is 7.57. The van der Waals surface area contributed by atoms with Gasteiger partial charge in [-0.25, -0.2) is 0 Å². The van der Waals surface area contributed by atoms with Crippen LogP contribution in [0.3, 0.4) is 0 Å². The van der Waals surface area contributed by atoms with E-state index in [9.17, 15) is 14.4 Å². The van der Waals surface area contributed by atoms with Crippen molar-refractivity contribution in [2.24, 2.45) is 23.7 Å². The van der Waals surface area contributed by atoms with Crippen molar-refractivity contribution in [1.82, 2.24) is 10.4 Å². The molecular formula is C16H13ClN2O3. The molecule has 3 aliphatic rings. The predicted molar refractivity (Wildman–Crippen MR) is 78.5 cm³/mol. The van der Waals surface area contributed by atoms with Gasteiger partial charge in [-0.3, -0.25) is 19.8 Å². The number of carbonyl (C=O) groups excluding carboxylic acids is 3. The highest BCUT2D eigenvalue weighted by atomic mass is 35.5. The van der Waals surface area contributed by atoms with E-state index < -0.39 is 5.91 Å². The van der Waals surface area contributed by atoms with Gasteiger partial charge in [0.1, 0.15) is 0 Å². The van der Waals surface area contributed by atoms with Crippen LogP contribution in [0.25, 0.3) is 0 Å². The molecule has 1 aliphatic heterocycles. The third-order valence-corrected chi connectivity index (χ3v) is 5.13. The van der Waals surface area contributed by atoms with Gasteiger partial charge in [0.15, 0.2) is 0 Å². The summed E-state index contributed by atoms with van der Waals surface area (Å²) in [6, 6.07) is 6.52. The van der Waals surface area contributed by atoms with Crippen LogP contribution in [0, 0.1) is 23.7 Å². The Balaban J connectivity index is 1.58. The average Bonchev–Trinajstić information content (AvgIpc) is 3.17. The Bertz CT molecular complexity index is 700. The maximum atomic E-state index is 12.5. The largest absolute Gasteiger partial charge is 0.272 e. The zero-order chi connectivity index (χ0) is 15.4. The van der Waals surface area contributed by atoms with Gasteiger partial charge in [-0.1, -0.05) is 35.9 Å². The molecule has 1 saturated carbocycles. The fourth-order valence-corrected chi connectivity index (χ4v) is 4.04. The lowest BCUT2D eigenvalue weighted by Crippen LogP contribution is -2.47. The van der Waals surface area contributed by atoms with Crippen molar-refractivity contribution < 1.29 is 14.4 Å². The van der Waals surface area contributed by atoms with Crippen LogP contribution in [0.5, 0.6) is 0 Å². The van der Waals surface area contributed by atoms with Crippen molar-refractivity contribution in [1.29, 1.82) is 0 Å². The highest BCUT2D eigenvalue weighted by Crippen LogP contribution is 2.52. The minimum absolute atomic E-state index is 0.119. The van der Waals surface area contributed by atoms with Gasteiger partial charge in [-0.15, -0.1) is 0 Å². The Morgan fingerprint density at radius 3 is 2.27 bits per heavy atom. The normalized spacial score (nSPS) is 31.8. The second-order valence-corrected chi connectivity index (χ2v) is 6.34. The molecule has 3 amide bonds. The van der Waals surface area contributed by atoms with E-state index in [0.29, 0.717) is 0 Å². The average molecular weight is 317 g/mol. The van der Waals surface area contributed by atoms with Gasteiger partial charge >= 0.3 is 0 Å². The Morgan fingerprint density at radius 2 is 1.68 bits per heavy atom. The molecule has 5 nitrogen and oxygen atoms in total. The van der Waals surface area contributed by atoms with Crippen LogP contribution in [0.2, 0.25) is 5.02 Å². The second kappa shape index (κ2) is 4.68. The summed E-state index contributed by atoms with van der Waals surface area (Å²) in [5, 5.41) is 1.16. The number of nitrogens with one attached hydrogen (secondary N) is 1. The Labute approximate surface area is 131 Å². The van der Waals surface area contributed by atoms with E-state index in [-0.39, 0.29) is 46.1 Å². The van der Waals surface area contributed by atoms with Crippen LogP contribution >= 0.6 is 11.6 Å². The number of allylic oxidation sites excluding steroid dienone is 2. The molecule has 1 aromatic rings. The molecule has 2 aliphatic carbocycles. The lowest BCUT2D eigenvalue weighted by molar-refractivity contribution is -0.143. The highest BCUT2D eigenvalue weighted by molar-refractivity contribution is 6.33. The maximum Gasteiger partial charge on any atom is 0.271 e. The summed E-state index contributed by atoms with van der Waals surface area (Å²) in [7, 11) is 0. The molecule has 0 aromatic heterocycles. The van der Waals surface area contributed by atoms with E-state index in [1.165, 1.54) is 0 Å². The number of hydrogen-bond acceptors (Lipinski definition) is 3. The first-order valence-electron chi connectivity index (χ1n) is 7.19. The molecule has 6 heteroatoms. The number of amides is 3. The Kier molecular flexibility index (Phi) is 2.87. The third-order valence-electron chi connectivity index (χ3n) is 4.80. The van der Waals surface area contributed by atoms with E-state index in [2.05, 4.69) is 5.43 Å². The summed E-state index contributed by atoms with van der Waals surface area (Å²) in [5.41, 5.74) is 2.65. The molecule has 4 rings (SSSR count). The molecule has 0 spiro atoms. The number of fused-ring (bicyclic) bond motifs is 5. The highest BCUT2D eigenvalue weighted by Gasteiger charge is 2.59. The minimum Gasteiger partial charge on any atom is -0.272 e. The van der Waals surface area contributed by atoms with Crippen LogP contribution in [-0.2, 0) is 9.59 Å². The van der Waals surface area contributed by atoms with Gasteiger partial charge in [-0.05, 0) is 30.4 Å². The van der Waals surface area contributed by atoms with Crippen LogP contribution < -0.4 is 5.43 Å². The van der Waals surface area contributed by atoms with Gasteiger partial charge in [0.05, 0.1) is 22.4 Å². The van der Waals surface area contributed by atoms with Gasteiger partial charge < -0.3 is 0 Å². The SMILES string of the molecule is O=C(NN1C(=O)[C@@H]2[C@H](C1=O)[C@@H]1C=C[C@@H]2C1)c1ccccc1Cl. The summed E-state index contributed by atoms with van der Waals surface area (Å²) < 4.78 is 0. The summed E-state index contributed by atoms with van der Waals surface area (Å²) in [5.74, 6) is -1.59. The molecule has 4 atom stereocenters. The Morgan fingerprint density at radius 1 is 1.09 bits per heavy atom. The van der Waals surface area contributed by atoms with Crippen molar-refractivity contribution in [3.63, 3.8) is 0 Å². The molecular weight excluding hydrogens is 304 g/mol. The molecule has 1 saturated heterocycles. The number of halogens is 1. The van der Waals surface area contributed by atoms with Crippen LogP contribution in [-0.4, -0.2) is 22.7 Å².